The summed E-state index contributed by atoms with van der Waals surface area (Å²) in [6.45, 7) is 7.60. The topological polar surface area (TPSA) is 162 Å². The van der Waals surface area contributed by atoms with Crippen LogP contribution >= 0.6 is 0 Å². The summed E-state index contributed by atoms with van der Waals surface area (Å²) < 4.78 is 0. The van der Waals surface area contributed by atoms with Crippen LogP contribution in [0.4, 0.5) is 0 Å². The van der Waals surface area contributed by atoms with E-state index < -0.39 is 11.9 Å². The predicted molar refractivity (Wildman–Crippen MR) is 133 cm³/mol. The van der Waals surface area contributed by atoms with E-state index >= 15 is 0 Å². The minimum atomic E-state index is -1.04. The van der Waals surface area contributed by atoms with Gasteiger partial charge < -0.3 is 35.4 Å². The van der Waals surface area contributed by atoms with Crippen molar-refractivity contribution in [3.63, 3.8) is 0 Å². The fourth-order valence-corrected chi connectivity index (χ4v) is 5.04. The van der Waals surface area contributed by atoms with Gasteiger partial charge in [-0.25, -0.2) is 9.59 Å². The van der Waals surface area contributed by atoms with Crippen LogP contribution in [0.2, 0.25) is 0 Å². The first-order valence-electron chi connectivity index (χ1n) is 12.1. The van der Waals surface area contributed by atoms with E-state index in [1.54, 1.807) is 13.8 Å². The summed E-state index contributed by atoms with van der Waals surface area (Å²) in [6.07, 6.45) is 3.42. The van der Waals surface area contributed by atoms with Crippen LogP contribution in [0.25, 0.3) is 22.8 Å². The first kappa shape index (κ1) is 26.3. The van der Waals surface area contributed by atoms with Crippen LogP contribution in [-0.4, -0.2) is 60.5 Å². The van der Waals surface area contributed by atoms with Gasteiger partial charge in [0.15, 0.2) is 0 Å². The fourth-order valence-electron chi connectivity index (χ4n) is 5.04. The third-order valence-corrected chi connectivity index (χ3v) is 6.78. The molecule has 0 unspecified atom stereocenters. The highest BCUT2D eigenvalue weighted by molar-refractivity contribution is 5.92. The highest BCUT2D eigenvalue weighted by atomic mass is 16.4. The molecule has 35 heavy (non-hydrogen) atoms. The standard InChI is InChI=1S/C26H35N3O6/c1-5-15-16(6-2)22(24-18(10-8-12-31)14(4)20(28-24)26(34)35)29-21(15)23-17(9-7-11-30)13(3)19(27-23)25(32)33/h27-31H,5-12H2,1-4H3,(H,32,33)(H,34,35). The summed E-state index contributed by atoms with van der Waals surface area (Å²) in [7, 11) is 0. The van der Waals surface area contributed by atoms with Gasteiger partial charge in [-0.2, -0.15) is 0 Å². The number of aliphatic hydroxyl groups excluding tert-OH is 2. The average Bonchev–Trinajstić information content (AvgIpc) is 3.46. The number of nitrogens with one attached hydrogen (secondary N) is 3. The van der Waals surface area contributed by atoms with Crippen molar-refractivity contribution >= 4 is 11.9 Å². The molecule has 0 spiro atoms. The monoisotopic (exact) mass is 485 g/mol. The van der Waals surface area contributed by atoms with Gasteiger partial charge in [-0.05, 0) is 85.8 Å². The van der Waals surface area contributed by atoms with E-state index in [0.717, 1.165) is 33.6 Å². The second kappa shape index (κ2) is 11.0. The van der Waals surface area contributed by atoms with Crippen molar-refractivity contribution in [1.29, 1.82) is 0 Å². The molecule has 0 aliphatic rings. The van der Waals surface area contributed by atoms with Gasteiger partial charge in [-0.15, -0.1) is 0 Å². The maximum absolute atomic E-state index is 11.9. The van der Waals surface area contributed by atoms with Crippen LogP contribution in [0.5, 0.6) is 0 Å². The lowest BCUT2D eigenvalue weighted by Crippen LogP contribution is -1.99. The molecule has 0 radical (unpaired) electrons. The number of rotatable bonds is 12. The molecule has 3 heterocycles. The quantitative estimate of drug-likeness (QED) is 0.205. The number of hydrogen-bond acceptors (Lipinski definition) is 4. The Morgan fingerprint density at radius 1 is 0.629 bits per heavy atom. The number of carbonyl (C=O) groups is 2. The van der Waals surface area contributed by atoms with E-state index in [9.17, 15) is 30.0 Å². The molecule has 0 aromatic carbocycles. The maximum atomic E-state index is 11.9. The number of H-pyrrole nitrogens is 3. The normalized spacial score (nSPS) is 11.4. The largest absolute Gasteiger partial charge is 0.477 e. The van der Waals surface area contributed by atoms with Crippen molar-refractivity contribution < 1.29 is 30.0 Å². The summed E-state index contributed by atoms with van der Waals surface area (Å²) in [5.41, 5.74) is 8.20. The molecule has 0 atom stereocenters. The van der Waals surface area contributed by atoms with Crippen LogP contribution in [0.1, 0.15) is 81.0 Å². The second-order valence-corrected chi connectivity index (χ2v) is 8.76. The van der Waals surface area contributed by atoms with E-state index in [1.165, 1.54) is 0 Å². The Balaban J connectivity index is 2.31. The van der Waals surface area contributed by atoms with Gasteiger partial charge in [0, 0.05) is 13.2 Å². The van der Waals surface area contributed by atoms with Gasteiger partial charge in [-0.3, -0.25) is 0 Å². The Bertz CT molecular complexity index is 1140. The second-order valence-electron chi connectivity index (χ2n) is 8.76. The first-order chi connectivity index (χ1) is 16.7. The molecule has 9 nitrogen and oxygen atoms in total. The third kappa shape index (κ3) is 4.78. The zero-order valence-corrected chi connectivity index (χ0v) is 20.8. The lowest BCUT2D eigenvalue weighted by atomic mass is 9.96. The van der Waals surface area contributed by atoms with E-state index in [4.69, 9.17) is 0 Å². The number of aromatic nitrogens is 3. The molecular weight excluding hydrogens is 450 g/mol. The zero-order valence-electron chi connectivity index (χ0n) is 20.8. The van der Waals surface area contributed by atoms with Crippen LogP contribution < -0.4 is 0 Å². The predicted octanol–water partition coefficient (Wildman–Crippen LogP) is 3.99. The van der Waals surface area contributed by atoms with Crippen molar-refractivity contribution in [1.82, 2.24) is 15.0 Å². The smallest absolute Gasteiger partial charge is 0.352 e. The molecule has 0 aliphatic heterocycles. The number of carboxylic acid groups (broad SMARTS) is 2. The van der Waals surface area contributed by atoms with Crippen molar-refractivity contribution in [3.8, 4) is 22.8 Å². The van der Waals surface area contributed by atoms with Crippen molar-refractivity contribution in [2.45, 2.75) is 66.2 Å². The molecule has 0 amide bonds. The Hall–Kier alpha value is -3.30. The van der Waals surface area contributed by atoms with Crippen molar-refractivity contribution in [2.24, 2.45) is 0 Å². The molecule has 0 fully saturated rings. The minimum Gasteiger partial charge on any atom is -0.477 e. The molecule has 0 saturated heterocycles. The summed E-state index contributed by atoms with van der Waals surface area (Å²) in [5.74, 6) is -2.09. The van der Waals surface area contributed by atoms with Crippen molar-refractivity contribution in [2.75, 3.05) is 13.2 Å². The highest BCUT2D eigenvalue weighted by Crippen LogP contribution is 2.39. The number of hydrogen-bond donors (Lipinski definition) is 7. The van der Waals surface area contributed by atoms with Gasteiger partial charge in [-0.1, -0.05) is 13.8 Å². The Kier molecular flexibility index (Phi) is 8.24. The Morgan fingerprint density at radius 3 is 1.26 bits per heavy atom. The molecule has 0 aliphatic carbocycles. The molecule has 190 valence electrons. The fraction of sp³-hybridized carbons (Fsp3) is 0.462. The molecule has 3 aromatic rings. The summed E-state index contributed by atoms with van der Waals surface area (Å²) in [4.78, 5) is 33.5. The van der Waals surface area contributed by atoms with Gasteiger partial charge in [0.05, 0.1) is 22.8 Å². The number of aliphatic hydroxyl groups is 2. The van der Waals surface area contributed by atoms with Crippen LogP contribution in [0.3, 0.4) is 0 Å². The molecule has 3 aromatic heterocycles. The van der Waals surface area contributed by atoms with E-state index in [-0.39, 0.29) is 24.6 Å². The van der Waals surface area contributed by atoms with Crippen LogP contribution in [-0.2, 0) is 25.7 Å². The Labute approximate surface area is 204 Å². The van der Waals surface area contributed by atoms with Crippen LogP contribution in [0.15, 0.2) is 0 Å². The zero-order chi connectivity index (χ0) is 25.9. The average molecular weight is 486 g/mol. The van der Waals surface area contributed by atoms with Gasteiger partial charge >= 0.3 is 11.9 Å². The maximum Gasteiger partial charge on any atom is 0.352 e. The number of aromatic carboxylic acids is 2. The molecule has 3 rings (SSSR count). The minimum absolute atomic E-state index is 0.00276. The highest BCUT2D eigenvalue weighted by Gasteiger charge is 2.27. The molecule has 0 bridgehead atoms. The van der Waals surface area contributed by atoms with Gasteiger partial charge in [0.25, 0.3) is 0 Å². The summed E-state index contributed by atoms with van der Waals surface area (Å²) in [5, 5.41) is 38.2. The molecular formula is C26H35N3O6. The number of aromatic amines is 3. The van der Waals surface area contributed by atoms with Gasteiger partial charge in [0.1, 0.15) is 11.4 Å². The molecule has 9 heteroatoms. The van der Waals surface area contributed by atoms with Crippen molar-refractivity contribution in [3.05, 3.63) is 44.8 Å². The third-order valence-electron chi connectivity index (χ3n) is 6.78. The number of carboxylic acids is 2. The lowest BCUT2D eigenvalue weighted by molar-refractivity contribution is 0.0679. The van der Waals surface area contributed by atoms with E-state index in [1.807, 2.05) is 13.8 Å². The lowest BCUT2D eigenvalue weighted by Gasteiger charge is -2.07. The summed E-state index contributed by atoms with van der Waals surface area (Å²) in [6, 6.07) is 0. The van der Waals surface area contributed by atoms with E-state index in [2.05, 4.69) is 15.0 Å². The van der Waals surface area contributed by atoms with Gasteiger partial charge in [0.2, 0.25) is 0 Å². The van der Waals surface area contributed by atoms with Crippen LogP contribution in [0, 0.1) is 13.8 Å². The summed E-state index contributed by atoms with van der Waals surface area (Å²) >= 11 is 0. The van der Waals surface area contributed by atoms with E-state index in [0.29, 0.717) is 61.0 Å². The first-order valence-corrected chi connectivity index (χ1v) is 12.1. The molecule has 0 saturated carbocycles. The SMILES string of the molecule is CCc1c(-c2[nH]c(C(=O)O)c(C)c2CCCO)[nH]c(-c2[nH]c(C(=O)O)c(C)c2CCCO)c1CC. The molecule has 7 N–H and O–H groups in total. The Morgan fingerprint density at radius 2 is 0.971 bits per heavy atom.